The molecule has 0 aromatic carbocycles. The van der Waals surface area contributed by atoms with Crippen molar-refractivity contribution in [1.29, 1.82) is 0 Å². The van der Waals surface area contributed by atoms with Gasteiger partial charge >= 0.3 is 68.6 Å². The first-order valence-electron chi connectivity index (χ1n) is 3.53. The average molecular weight is 272 g/mol. The molecule has 0 aromatic heterocycles. The van der Waals surface area contributed by atoms with E-state index in [-0.39, 0.29) is 48.0 Å². The van der Waals surface area contributed by atoms with Crippen molar-refractivity contribution in [3.05, 3.63) is 21.5 Å². The first-order chi connectivity index (χ1) is 4.43. The van der Waals surface area contributed by atoms with E-state index in [4.69, 9.17) is 0 Å². The predicted molar refractivity (Wildman–Crippen MR) is 51.4 cm³/mol. The van der Waals surface area contributed by atoms with Crippen molar-refractivity contribution in [2.75, 3.05) is 0 Å². The van der Waals surface area contributed by atoms with Gasteiger partial charge in [0.25, 0.3) is 0 Å². The van der Waals surface area contributed by atoms with Gasteiger partial charge in [-0.2, -0.15) is 0 Å². The summed E-state index contributed by atoms with van der Waals surface area (Å²) in [6.07, 6.45) is 9.47. The molecule has 0 heterocycles. The zero-order chi connectivity index (χ0) is 6.53. The topological polar surface area (TPSA) is 0 Å². The second-order valence-electron chi connectivity index (χ2n) is 2.25. The fraction of sp³-hybridized carbons (Fsp3) is 0.500. The van der Waals surface area contributed by atoms with Gasteiger partial charge in [-0.05, 0) is 0 Å². The van der Waals surface area contributed by atoms with Crippen LogP contribution in [0.2, 0.25) is 4.13 Å². The van der Waals surface area contributed by atoms with Crippen molar-refractivity contribution in [3.63, 3.8) is 0 Å². The van der Waals surface area contributed by atoms with Crippen molar-refractivity contribution in [1.82, 2.24) is 0 Å². The molecule has 0 nitrogen and oxygen atoms in total. The third kappa shape index (κ3) is 6.14. The average Bonchev–Trinajstić information content (AvgIpc) is 2.34. The van der Waals surface area contributed by atoms with E-state index < -0.39 is 0 Å². The van der Waals surface area contributed by atoms with E-state index in [9.17, 15) is 0 Å². The van der Waals surface area contributed by atoms with Crippen LogP contribution in [-0.4, -0.2) is 0 Å². The summed E-state index contributed by atoms with van der Waals surface area (Å²) in [4.78, 5) is 0. The van der Waals surface area contributed by atoms with Crippen molar-refractivity contribution in [2.24, 2.45) is 0 Å². The molecule has 0 saturated carbocycles. The summed E-state index contributed by atoms with van der Waals surface area (Å²) in [5, 5.41) is 0. The fourth-order valence-corrected chi connectivity index (χ4v) is 3.44. The number of halogens is 2. The molecule has 0 aliphatic heterocycles. The summed E-state index contributed by atoms with van der Waals surface area (Å²) in [7, 11) is 0. The molecule has 0 spiro atoms. The van der Waals surface area contributed by atoms with Gasteiger partial charge in [0.05, 0.1) is 0 Å². The first-order valence-corrected chi connectivity index (χ1v) is 6.49. The van der Waals surface area contributed by atoms with Crippen LogP contribution in [-0.2, 0) is 23.2 Å². The molecule has 1 rings (SSSR count). The molecule has 64 valence electrons. The molecule has 0 fully saturated rings. The zero-order valence-electron chi connectivity index (χ0n) is 6.67. The van der Waals surface area contributed by atoms with Gasteiger partial charge in [0.1, 0.15) is 0 Å². The van der Waals surface area contributed by atoms with Gasteiger partial charge in [0, 0.05) is 0 Å². The maximum atomic E-state index is 2.32. The van der Waals surface area contributed by atoms with Crippen LogP contribution in [0.1, 0.15) is 19.8 Å². The van der Waals surface area contributed by atoms with E-state index in [2.05, 4.69) is 25.2 Å². The molecule has 0 amide bonds. The minimum atomic E-state index is -0.0651. The molecule has 11 heavy (non-hydrogen) atoms. The normalized spacial score (nSPS) is 13.0. The van der Waals surface area contributed by atoms with Crippen LogP contribution in [0.15, 0.2) is 21.5 Å². The Morgan fingerprint density at radius 3 is 2.64 bits per heavy atom. The SMILES string of the molecule is CC[CH2][Zr][C]1=CC=CC1.Cl.Cl. The smallest absolute Gasteiger partial charge is 0.147 e. The Morgan fingerprint density at radius 2 is 2.18 bits per heavy atom. The Morgan fingerprint density at radius 1 is 1.45 bits per heavy atom. The summed E-state index contributed by atoms with van der Waals surface area (Å²) in [5.41, 5.74) is 0. The summed E-state index contributed by atoms with van der Waals surface area (Å²) >= 11 is -0.0651. The second kappa shape index (κ2) is 9.03. The quantitative estimate of drug-likeness (QED) is 0.736. The molecule has 3 heteroatoms. The predicted octanol–water partition coefficient (Wildman–Crippen LogP) is 3.58. The van der Waals surface area contributed by atoms with Gasteiger partial charge in [-0.25, -0.2) is 0 Å². The number of hydrogen-bond acceptors (Lipinski definition) is 0. The van der Waals surface area contributed by atoms with Crippen LogP contribution in [0.25, 0.3) is 0 Å². The number of hydrogen-bond donors (Lipinski definition) is 0. The van der Waals surface area contributed by atoms with Crippen molar-refractivity contribution >= 4 is 24.8 Å². The third-order valence-electron chi connectivity index (χ3n) is 1.37. The van der Waals surface area contributed by atoms with Crippen molar-refractivity contribution < 1.29 is 23.2 Å². The molecule has 0 N–H and O–H groups in total. The van der Waals surface area contributed by atoms with Crippen molar-refractivity contribution in [3.8, 4) is 0 Å². The zero-order valence-corrected chi connectivity index (χ0v) is 10.8. The molecular weight excluding hydrogens is 258 g/mol. The van der Waals surface area contributed by atoms with E-state index in [1.54, 1.807) is 3.28 Å². The van der Waals surface area contributed by atoms with Crippen LogP contribution in [0, 0.1) is 0 Å². The number of allylic oxidation sites excluding steroid dienone is 4. The Hall–Kier alpha value is 0.943. The minimum Gasteiger partial charge on any atom is -0.147 e. The van der Waals surface area contributed by atoms with Crippen molar-refractivity contribution in [2.45, 2.75) is 23.9 Å². The molecule has 0 unspecified atom stereocenters. The van der Waals surface area contributed by atoms with E-state index in [0.29, 0.717) is 0 Å². The largest absolute Gasteiger partial charge is 0.147 e. The van der Waals surface area contributed by atoms with Crippen LogP contribution >= 0.6 is 24.8 Å². The Bertz CT molecular complexity index is 141. The Labute approximate surface area is 92.9 Å². The molecule has 0 bridgehead atoms. The van der Waals surface area contributed by atoms with Crippen LogP contribution in [0.4, 0.5) is 0 Å². The van der Waals surface area contributed by atoms with Crippen LogP contribution < -0.4 is 0 Å². The van der Waals surface area contributed by atoms with E-state index in [1.165, 1.54) is 17.0 Å². The van der Waals surface area contributed by atoms with Gasteiger partial charge in [0.15, 0.2) is 0 Å². The summed E-state index contributed by atoms with van der Waals surface area (Å²) < 4.78 is 3.30. The van der Waals surface area contributed by atoms with Gasteiger partial charge in [0.2, 0.25) is 0 Å². The van der Waals surface area contributed by atoms with E-state index >= 15 is 0 Å². The summed E-state index contributed by atoms with van der Waals surface area (Å²) in [6.45, 7) is 2.28. The maximum Gasteiger partial charge on any atom is -0.147 e. The second-order valence-corrected chi connectivity index (χ2v) is 5.93. The monoisotopic (exact) mass is 270 g/mol. The molecule has 0 aromatic rings. The minimum absolute atomic E-state index is 0. The van der Waals surface area contributed by atoms with E-state index in [1.807, 2.05) is 0 Å². The Kier molecular flexibility index (Phi) is 11.9. The molecule has 0 atom stereocenters. The standard InChI is InChI=1S/C5H5.C3H7.2ClH.Zr/c1-2-4-5-3-1;1-3-2;;;/h1-3H,4H2;1,3H2,2H3;2*1H;. The molecule has 1 aliphatic rings. The van der Waals surface area contributed by atoms with Crippen LogP contribution in [0.5, 0.6) is 0 Å². The van der Waals surface area contributed by atoms with E-state index in [0.717, 1.165) is 0 Å². The van der Waals surface area contributed by atoms with Gasteiger partial charge in [-0.3, -0.25) is 0 Å². The van der Waals surface area contributed by atoms with Gasteiger partial charge < -0.3 is 0 Å². The summed E-state index contributed by atoms with van der Waals surface area (Å²) in [6, 6.07) is 0. The summed E-state index contributed by atoms with van der Waals surface area (Å²) in [5.74, 6) is 0. The number of rotatable bonds is 3. The van der Waals surface area contributed by atoms with Gasteiger partial charge in [-0.15, -0.1) is 24.8 Å². The fourth-order valence-electron chi connectivity index (χ4n) is 0.864. The molecular formula is C8H14Cl2Zr. The third-order valence-corrected chi connectivity index (χ3v) is 5.24. The molecule has 0 saturated heterocycles. The van der Waals surface area contributed by atoms with Crippen LogP contribution in [0.3, 0.4) is 0 Å². The molecule has 0 radical (unpaired) electrons. The maximum absolute atomic E-state index is 2.32. The Balaban J connectivity index is 0. The first kappa shape index (κ1) is 14.5. The molecule has 1 aliphatic carbocycles. The van der Waals surface area contributed by atoms with Gasteiger partial charge in [-0.1, -0.05) is 0 Å².